The molecule has 140 valence electrons. The molecule has 1 saturated heterocycles. The van der Waals surface area contributed by atoms with Crippen LogP contribution in [0.5, 0.6) is 11.5 Å². The summed E-state index contributed by atoms with van der Waals surface area (Å²) in [6, 6.07) is 7.01. The highest BCUT2D eigenvalue weighted by atomic mass is 32.2. The van der Waals surface area contributed by atoms with Crippen LogP contribution in [0.15, 0.2) is 24.3 Å². The van der Waals surface area contributed by atoms with Gasteiger partial charge in [-0.3, -0.25) is 4.79 Å². The van der Waals surface area contributed by atoms with Gasteiger partial charge in [0.25, 0.3) is 5.91 Å². The van der Waals surface area contributed by atoms with Crippen molar-refractivity contribution in [2.45, 2.75) is 0 Å². The molecular formula is C16H25N3O5S. The highest BCUT2D eigenvalue weighted by Gasteiger charge is 2.25. The van der Waals surface area contributed by atoms with E-state index in [1.165, 1.54) is 11.4 Å². The van der Waals surface area contributed by atoms with Gasteiger partial charge in [-0.2, -0.15) is 4.31 Å². The summed E-state index contributed by atoms with van der Waals surface area (Å²) in [4.78, 5) is 13.9. The summed E-state index contributed by atoms with van der Waals surface area (Å²) in [5.74, 6) is 0.509. The van der Waals surface area contributed by atoms with E-state index in [1.807, 2.05) is 7.05 Å². The Morgan fingerprint density at radius 2 is 1.80 bits per heavy atom. The van der Waals surface area contributed by atoms with Gasteiger partial charge in [-0.25, -0.2) is 8.42 Å². The van der Waals surface area contributed by atoms with Crippen molar-refractivity contribution in [3.05, 3.63) is 24.3 Å². The lowest BCUT2D eigenvalue weighted by atomic mass is 10.3. The van der Waals surface area contributed by atoms with Crippen LogP contribution in [0, 0.1) is 0 Å². The molecule has 1 heterocycles. The van der Waals surface area contributed by atoms with Crippen LogP contribution in [-0.4, -0.2) is 82.8 Å². The zero-order chi connectivity index (χ0) is 18.3. The largest absolute Gasteiger partial charge is 0.493 e. The number of carbonyl (C=O) groups excluding carboxylic acids is 1. The Labute approximate surface area is 148 Å². The molecule has 8 nitrogen and oxygen atoms in total. The molecule has 1 aliphatic rings. The van der Waals surface area contributed by atoms with E-state index in [9.17, 15) is 13.2 Å². The van der Waals surface area contributed by atoms with Gasteiger partial charge in [-0.15, -0.1) is 0 Å². The number of ether oxygens (including phenoxy) is 2. The molecule has 25 heavy (non-hydrogen) atoms. The van der Waals surface area contributed by atoms with E-state index in [0.717, 1.165) is 13.1 Å². The maximum atomic E-state index is 12.2. The Morgan fingerprint density at radius 1 is 1.16 bits per heavy atom. The minimum absolute atomic E-state index is 0.0583. The lowest BCUT2D eigenvalue weighted by molar-refractivity contribution is -0.122. The topological polar surface area (TPSA) is 88.2 Å². The molecule has 1 aromatic carbocycles. The van der Waals surface area contributed by atoms with Crippen molar-refractivity contribution < 1.29 is 22.7 Å². The van der Waals surface area contributed by atoms with Gasteiger partial charge >= 0.3 is 0 Å². The average Bonchev–Trinajstić information content (AvgIpc) is 2.60. The number of nitrogens with zero attached hydrogens (tertiary/aromatic N) is 2. The van der Waals surface area contributed by atoms with Crippen molar-refractivity contribution >= 4 is 15.9 Å². The monoisotopic (exact) mass is 371 g/mol. The Morgan fingerprint density at radius 3 is 2.44 bits per heavy atom. The van der Waals surface area contributed by atoms with Gasteiger partial charge < -0.3 is 19.7 Å². The highest BCUT2D eigenvalue weighted by molar-refractivity contribution is 7.89. The van der Waals surface area contributed by atoms with Gasteiger partial charge in [-0.1, -0.05) is 12.1 Å². The minimum atomic E-state index is -3.35. The lowest BCUT2D eigenvalue weighted by Crippen LogP contribution is -2.48. The number of benzene rings is 1. The number of amides is 1. The second kappa shape index (κ2) is 9.02. The third-order valence-corrected chi connectivity index (χ3v) is 5.84. The second-order valence-electron chi connectivity index (χ2n) is 5.81. The molecule has 9 heteroatoms. The number of methoxy groups -OCH3 is 1. The van der Waals surface area contributed by atoms with Crippen LogP contribution in [0.25, 0.3) is 0 Å². The third kappa shape index (κ3) is 5.87. The van der Waals surface area contributed by atoms with Crippen molar-refractivity contribution in [2.75, 3.05) is 59.2 Å². The fourth-order valence-electron chi connectivity index (χ4n) is 2.45. The molecule has 2 rings (SSSR count). The maximum Gasteiger partial charge on any atom is 0.257 e. The zero-order valence-electron chi connectivity index (χ0n) is 14.6. The van der Waals surface area contributed by atoms with Crippen LogP contribution in [0.2, 0.25) is 0 Å². The maximum absolute atomic E-state index is 12.2. The Hall–Kier alpha value is -1.84. The van der Waals surface area contributed by atoms with Crippen molar-refractivity contribution in [1.29, 1.82) is 0 Å². The first-order valence-electron chi connectivity index (χ1n) is 8.11. The summed E-state index contributed by atoms with van der Waals surface area (Å²) < 4.78 is 36.5. The molecule has 1 fully saturated rings. The molecule has 0 spiro atoms. The van der Waals surface area contributed by atoms with Gasteiger partial charge in [-0.05, 0) is 19.2 Å². The summed E-state index contributed by atoms with van der Waals surface area (Å²) in [5.41, 5.74) is 0. The summed E-state index contributed by atoms with van der Waals surface area (Å²) in [6.45, 7) is 2.28. The van der Waals surface area contributed by atoms with E-state index >= 15 is 0 Å². The Balaban J connectivity index is 1.73. The molecule has 0 aromatic heterocycles. The van der Waals surface area contributed by atoms with Crippen LogP contribution in [-0.2, 0) is 14.8 Å². The molecule has 0 radical (unpaired) electrons. The molecule has 1 aromatic rings. The molecule has 1 aliphatic heterocycles. The second-order valence-corrected chi connectivity index (χ2v) is 7.90. The smallest absolute Gasteiger partial charge is 0.257 e. The normalized spacial score (nSPS) is 16.4. The molecule has 1 amide bonds. The van der Waals surface area contributed by atoms with Gasteiger partial charge in [0.2, 0.25) is 10.0 Å². The van der Waals surface area contributed by atoms with Gasteiger partial charge in [0.1, 0.15) is 0 Å². The van der Waals surface area contributed by atoms with Crippen molar-refractivity contribution in [2.24, 2.45) is 0 Å². The van der Waals surface area contributed by atoms with Crippen LogP contribution in [0.3, 0.4) is 0 Å². The predicted octanol–water partition coefficient (Wildman–Crippen LogP) is -0.233. The molecule has 0 aliphatic carbocycles. The molecule has 0 unspecified atom stereocenters. The van der Waals surface area contributed by atoms with Crippen molar-refractivity contribution in [3.63, 3.8) is 0 Å². The van der Waals surface area contributed by atoms with E-state index in [0.29, 0.717) is 24.6 Å². The number of para-hydroxylation sites is 2. The van der Waals surface area contributed by atoms with E-state index in [4.69, 9.17) is 9.47 Å². The van der Waals surface area contributed by atoms with Gasteiger partial charge in [0.15, 0.2) is 18.1 Å². The van der Waals surface area contributed by atoms with E-state index in [-0.39, 0.29) is 24.8 Å². The summed E-state index contributed by atoms with van der Waals surface area (Å²) in [6.07, 6.45) is 0. The quantitative estimate of drug-likeness (QED) is 0.679. The van der Waals surface area contributed by atoms with Crippen molar-refractivity contribution in [1.82, 2.24) is 14.5 Å². The summed E-state index contributed by atoms with van der Waals surface area (Å²) >= 11 is 0. The fourth-order valence-corrected chi connectivity index (χ4v) is 3.79. The fraction of sp³-hybridized carbons (Fsp3) is 0.562. The molecule has 1 N–H and O–H groups in total. The number of sulfonamides is 1. The molecule has 0 saturated carbocycles. The summed E-state index contributed by atoms with van der Waals surface area (Å²) in [5, 5.41) is 2.57. The lowest BCUT2D eigenvalue weighted by Gasteiger charge is -2.31. The van der Waals surface area contributed by atoms with Crippen LogP contribution < -0.4 is 14.8 Å². The van der Waals surface area contributed by atoms with Crippen molar-refractivity contribution in [3.8, 4) is 11.5 Å². The first kappa shape index (κ1) is 19.5. The van der Waals surface area contributed by atoms with Gasteiger partial charge in [0.05, 0.1) is 12.9 Å². The third-order valence-electron chi connectivity index (χ3n) is 3.97. The number of piperazine rings is 1. The average molecular weight is 371 g/mol. The molecular weight excluding hydrogens is 346 g/mol. The van der Waals surface area contributed by atoms with E-state index in [2.05, 4.69) is 10.2 Å². The predicted molar refractivity (Wildman–Crippen MR) is 94.4 cm³/mol. The Bertz CT molecular complexity index is 672. The zero-order valence-corrected chi connectivity index (χ0v) is 15.4. The van der Waals surface area contributed by atoms with Crippen LogP contribution >= 0.6 is 0 Å². The van der Waals surface area contributed by atoms with Crippen LogP contribution in [0.1, 0.15) is 0 Å². The highest BCUT2D eigenvalue weighted by Crippen LogP contribution is 2.25. The van der Waals surface area contributed by atoms with Crippen LogP contribution in [0.4, 0.5) is 0 Å². The first-order valence-corrected chi connectivity index (χ1v) is 9.72. The molecule has 0 atom stereocenters. The first-order chi connectivity index (χ1) is 11.9. The summed E-state index contributed by atoms with van der Waals surface area (Å²) in [7, 11) is 0.134. The van der Waals surface area contributed by atoms with E-state index in [1.54, 1.807) is 24.3 Å². The SMILES string of the molecule is COc1ccccc1OCC(=O)NCCS(=O)(=O)N1CCN(C)CC1. The van der Waals surface area contributed by atoms with E-state index < -0.39 is 10.0 Å². The molecule has 0 bridgehead atoms. The number of likely N-dealkylation sites (N-methyl/N-ethyl adjacent to an activating group) is 1. The minimum Gasteiger partial charge on any atom is -0.493 e. The standard InChI is InChI=1S/C16H25N3O5S/c1-18-8-10-19(11-9-18)25(21,22)12-7-17-16(20)13-24-15-6-4-3-5-14(15)23-2/h3-6H,7-13H2,1-2H3,(H,17,20). The number of hydrogen-bond donors (Lipinski definition) is 1. The number of nitrogens with one attached hydrogen (secondary N) is 1. The van der Waals surface area contributed by atoms with Gasteiger partial charge in [0, 0.05) is 32.7 Å². The number of hydrogen-bond acceptors (Lipinski definition) is 6. The number of rotatable bonds is 8. The Kier molecular flexibility index (Phi) is 7.03. The number of carbonyl (C=O) groups is 1.